The third kappa shape index (κ3) is 3.92. The van der Waals surface area contributed by atoms with Crippen molar-refractivity contribution in [3.63, 3.8) is 0 Å². The molecular formula is C17H24N10O. The fourth-order valence-electron chi connectivity index (χ4n) is 3.69. The standard InChI is InChI=1S/C17H24N10O/c1-2-27-15(12-25-8-3-7-19-25)20-21-17(27)14-4-9-24(10-5-14)16(28)6-11-26-13-18-22-23-26/h3,7-8,13-14H,2,4-6,9-12H2,1H3. The van der Waals surface area contributed by atoms with Crippen LogP contribution < -0.4 is 0 Å². The first-order valence-electron chi connectivity index (χ1n) is 9.62. The molecule has 28 heavy (non-hydrogen) atoms. The summed E-state index contributed by atoms with van der Waals surface area (Å²) >= 11 is 0. The number of piperidine rings is 1. The number of rotatable bonds is 7. The van der Waals surface area contributed by atoms with Crippen LogP contribution in [0.15, 0.2) is 24.8 Å². The molecule has 1 fully saturated rings. The lowest BCUT2D eigenvalue weighted by atomic mass is 9.95. The summed E-state index contributed by atoms with van der Waals surface area (Å²) in [6.07, 6.45) is 7.42. The monoisotopic (exact) mass is 384 g/mol. The van der Waals surface area contributed by atoms with Crippen LogP contribution in [-0.2, 0) is 24.4 Å². The Balaban J connectivity index is 1.34. The summed E-state index contributed by atoms with van der Waals surface area (Å²) in [6.45, 7) is 5.53. The maximum Gasteiger partial charge on any atom is 0.224 e. The molecule has 11 nitrogen and oxygen atoms in total. The Bertz CT molecular complexity index is 877. The molecule has 148 valence electrons. The number of aryl methyl sites for hydroxylation is 1. The van der Waals surface area contributed by atoms with E-state index in [0.717, 1.165) is 44.1 Å². The lowest BCUT2D eigenvalue weighted by Crippen LogP contribution is -2.38. The molecule has 0 unspecified atom stereocenters. The Morgan fingerprint density at radius 1 is 1.21 bits per heavy atom. The summed E-state index contributed by atoms with van der Waals surface area (Å²) in [5.74, 6) is 2.40. The Kier molecular flexibility index (Phi) is 5.40. The summed E-state index contributed by atoms with van der Waals surface area (Å²) in [7, 11) is 0. The van der Waals surface area contributed by atoms with Gasteiger partial charge in [0.2, 0.25) is 5.91 Å². The van der Waals surface area contributed by atoms with Crippen LogP contribution in [0.25, 0.3) is 0 Å². The summed E-state index contributed by atoms with van der Waals surface area (Å²) in [5, 5.41) is 24.1. The van der Waals surface area contributed by atoms with Crippen molar-refractivity contribution in [2.24, 2.45) is 0 Å². The maximum absolute atomic E-state index is 12.4. The molecule has 1 aliphatic rings. The van der Waals surface area contributed by atoms with E-state index in [1.54, 1.807) is 10.9 Å². The highest BCUT2D eigenvalue weighted by Gasteiger charge is 2.27. The van der Waals surface area contributed by atoms with Crippen molar-refractivity contribution in [1.82, 2.24) is 49.7 Å². The zero-order valence-corrected chi connectivity index (χ0v) is 15.9. The second kappa shape index (κ2) is 8.28. The molecule has 0 N–H and O–H groups in total. The average Bonchev–Trinajstić information content (AvgIpc) is 3.48. The van der Waals surface area contributed by atoms with Gasteiger partial charge in [0.15, 0.2) is 5.82 Å². The summed E-state index contributed by atoms with van der Waals surface area (Å²) in [5.41, 5.74) is 0. The number of carbonyl (C=O) groups is 1. The van der Waals surface area contributed by atoms with Gasteiger partial charge in [-0.2, -0.15) is 5.10 Å². The topological polar surface area (TPSA) is 112 Å². The largest absolute Gasteiger partial charge is 0.343 e. The zero-order chi connectivity index (χ0) is 19.3. The average molecular weight is 384 g/mol. The van der Waals surface area contributed by atoms with E-state index in [0.29, 0.717) is 25.4 Å². The van der Waals surface area contributed by atoms with Gasteiger partial charge >= 0.3 is 0 Å². The Labute approximate surface area is 162 Å². The molecule has 0 saturated carbocycles. The molecule has 4 heterocycles. The van der Waals surface area contributed by atoms with Crippen molar-refractivity contribution in [2.75, 3.05) is 13.1 Å². The van der Waals surface area contributed by atoms with Gasteiger partial charge in [-0.1, -0.05) is 0 Å². The van der Waals surface area contributed by atoms with E-state index in [4.69, 9.17) is 0 Å². The van der Waals surface area contributed by atoms with Crippen molar-refractivity contribution in [3.8, 4) is 0 Å². The van der Waals surface area contributed by atoms with E-state index < -0.39 is 0 Å². The van der Waals surface area contributed by atoms with E-state index in [1.165, 1.54) is 6.33 Å². The number of nitrogens with zero attached hydrogens (tertiary/aromatic N) is 10. The number of amides is 1. The van der Waals surface area contributed by atoms with Gasteiger partial charge in [0.05, 0.1) is 6.54 Å². The molecule has 0 spiro atoms. The van der Waals surface area contributed by atoms with Crippen molar-refractivity contribution in [1.29, 1.82) is 0 Å². The maximum atomic E-state index is 12.4. The van der Waals surface area contributed by atoms with E-state index >= 15 is 0 Å². The second-order valence-electron chi connectivity index (χ2n) is 6.90. The highest BCUT2D eigenvalue weighted by molar-refractivity contribution is 5.76. The van der Waals surface area contributed by atoms with E-state index in [-0.39, 0.29) is 5.91 Å². The van der Waals surface area contributed by atoms with Crippen LogP contribution in [0.3, 0.4) is 0 Å². The van der Waals surface area contributed by atoms with Crippen molar-refractivity contribution < 1.29 is 4.79 Å². The molecule has 0 aromatic carbocycles. The number of tetrazole rings is 1. The number of likely N-dealkylation sites (tertiary alicyclic amines) is 1. The van der Waals surface area contributed by atoms with Crippen LogP contribution in [0.1, 0.15) is 43.8 Å². The first kappa shape index (κ1) is 18.3. The normalized spacial score (nSPS) is 15.2. The first-order chi connectivity index (χ1) is 13.7. The van der Waals surface area contributed by atoms with Gasteiger partial charge in [-0.3, -0.25) is 9.48 Å². The molecule has 0 atom stereocenters. The molecule has 3 aromatic rings. The van der Waals surface area contributed by atoms with Gasteiger partial charge in [0.1, 0.15) is 18.7 Å². The third-order valence-corrected chi connectivity index (χ3v) is 5.19. The lowest BCUT2D eigenvalue weighted by Gasteiger charge is -2.31. The minimum atomic E-state index is 0.144. The van der Waals surface area contributed by atoms with Gasteiger partial charge in [0, 0.05) is 44.4 Å². The number of hydrogen-bond acceptors (Lipinski definition) is 7. The summed E-state index contributed by atoms with van der Waals surface area (Å²) in [4.78, 5) is 14.4. The Morgan fingerprint density at radius 3 is 2.75 bits per heavy atom. The molecule has 3 aromatic heterocycles. The fraction of sp³-hybridized carbons (Fsp3) is 0.588. The summed E-state index contributed by atoms with van der Waals surface area (Å²) < 4.78 is 5.61. The number of aromatic nitrogens is 9. The minimum Gasteiger partial charge on any atom is -0.343 e. The van der Waals surface area contributed by atoms with Crippen LogP contribution in [0.4, 0.5) is 0 Å². The highest BCUT2D eigenvalue weighted by atomic mass is 16.2. The van der Waals surface area contributed by atoms with Gasteiger partial charge in [0.25, 0.3) is 0 Å². The van der Waals surface area contributed by atoms with E-state index in [2.05, 4.69) is 42.3 Å². The molecule has 0 aliphatic carbocycles. The predicted octanol–water partition coefficient (Wildman–Crippen LogP) is 0.326. The molecule has 1 amide bonds. The van der Waals surface area contributed by atoms with Gasteiger partial charge < -0.3 is 9.47 Å². The van der Waals surface area contributed by atoms with E-state index in [9.17, 15) is 4.79 Å². The predicted molar refractivity (Wildman–Crippen MR) is 98.0 cm³/mol. The molecule has 11 heteroatoms. The molecular weight excluding hydrogens is 360 g/mol. The minimum absolute atomic E-state index is 0.144. The Morgan fingerprint density at radius 2 is 2.07 bits per heavy atom. The van der Waals surface area contributed by atoms with Crippen molar-refractivity contribution in [2.45, 2.75) is 51.7 Å². The SMILES string of the molecule is CCn1c(Cn2cccn2)nnc1C1CCN(C(=O)CCn2cnnn2)CC1. The zero-order valence-electron chi connectivity index (χ0n) is 15.9. The van der Waals surface area contributed by atoms with Gasteiger partial charge in [-0.25, -0.2) is 4.68 Å². The third-order valence-electron chi connectivity index (χ3n) is 5.19. The van der Waals surface area contributed by atoms with Crippen molar-refractivity contribution >= 4 is 5.91 Å². The molecule has 0 radical (unpaired) electrons. The first-order valence-corrected chi connectivity index (χ1v) is 9.62. The molecule has 1 aliphatic heterocycles. The fourth-order valence-corrected chi connectivity index (χ4v) is 3.69. The van der Waals surface area contributed by atoms with Crippen LogP contribution in [-0.4, -0.2) is 68.6 Å². The second-order valence-corrected chi connectivity index (χ2v) is 6.90. The van der Waals surface area contributed by atoms with Crippen LogP contribution in [0.5, 0.6) is 0 Å². The summed E-state index contributed by atoms with van der Waals surface area (Å²) in [6, 6.07) is 1.90. The van der Waals surface area contributed by atoms with Gasteiger partial charge in [-0.05, 0) is 36.3 Å². The highest BCUT2D eigenvalue weighted by Crippen LogP contribution is 2.27. The lowest BCUT2D eigenvalue weighted by molar-refractivity contribution is -0.132. The van der Waals surface area contributed by atoms with Crippen LogP contribution >= 0.6 is 0 Å². The quantitative estimate of drug-likeness (QED) is 0.577. The smallest absolute Gasteiger partial charge is 0.224 e. The molecule has 4 rings (SSSR count). The molecule has 1 saturated heterocycles. The van der Waals surface area contributed by atoms with Crippen LogP contribution in [0.2, 0.25) is 0 Å². The van der Waals surface area contributed by atoms with Crippen molar-refractivity contribution in [3.05, 3.63) is 36.4 Å². The van der Waals surface area contributed by atoms with Crippen LogP contribution in [0, 0.1) is 0 Å². The number of hydrogen-bond donors (Lipinski definition) is 0. The number of carbonyl (C=O) groups excluding carboxylic acids is 1. The van der Waals surface area contributed by atoms with Gasteiger partial charge in [-0.15, -0.1) is 15.3 Å². The molecule has 0 bridgehead atoms. The van der Waals surface area contributed by atoms with E-state index in [1.807, 2.05) is 21.8 Å². The Hall–Kier alpha value is -3.11.